The Hall–Kier alpha value is -2.08. The summed E-state index contributed by atoms with van der Waals surface area (Å²) in [6, 6.07) is 7.05. The third-order valence-electron chi connectivity index (χ3n) is 3.33. The molecule has 1 aromatic carbocycles. The first-order chi connectivity index (χ1) is 10.4. The number of carboxylic acids is 1. The zero-order chi connectivity index (χ0) is 16.3. The Morgan fingerprint density at radius 2 is 2.05 bits per heavy atom. The van der Waals surface area contributed by atoms with Crippen molar-refractivity contribution in [2.75, 3.05) is 0 Å². The summed E-state index contributed by atoms with van der Waals surface area (Å²) < 4.78 is 6.30. The molecule has 0 spiro atoms. The standard InChI is InChI=1S/C16H16BrNO4/c1-3-13-12(16(20)21)7-14(22-13)15(19)18-8-10-4-5-11(17)6-9(10)2/h4-7H,3,8H2,1-2H3,(H,18,19)(H,20,21). The Bertz CT molecular complexity index is 721. The number of benzene rings is 1. The molecule has 1 heterocycles. The van der Waals surface area contributed by atoms with E-state index in [-0.39, 0.29) is 11.3 Å². The molecule has 22 heavy (non-hydrogen) atoms. The lowest BCUT2D eigenvalue weighted by atomic mass is 10.1. The van der Waals surface area contributed by atoms with Crippen LogP contribution in [0.15, 0.2) is 33.2 Å². The number of aromatic carboxylic acids is 1. The number of rotatable bonds is 5. The van der Waals surface area contributed by atoms with E-state index in [9.17, 15) is 9.59 Å². The predicted octanol–water partition coefficient (Wildman–Crippen LogP) is 3.54. The molecule has 2 rings (SSSR count). The van der Waals surface area contributed by atoms with E-state index in [2.05, 4.69) is 21.2 Å². The van der Waals surface area contributed by atoms with Gasteiger partial charge < -0.3 is 14.8 Å². The molecule has 0 bridgehead atoms. The normalized spacial score (nSPS) is 10.5. The second-order valence-electron chi connectivity index (χ2n) is 4.86. The van der Waals surface area contributed by atoms with E-state index < -0.39 is 11.9 Å². The third-order valence-corrected chi connectivity index (χ3v) is 3.82. The first kappa shape index (κ1) is 16.3. The highest BCUT2D eigenvalue weighted by Crippen LogP contribution is 2.18. The third kappa shape index (κ3) is 3.57. The van der Waals surface area contributed by atoms with E-state index in [1.54, 1.807) is 6.92 Å². The van der Waals surface area contributed by atoms with Crippen LogP contribution < -0.4 is 5.32 Å². The van der Waals surface area contributed by atoms with Crippen molar-refractivity contribution >= 4 is 27.8 Å². The average molecular weight is 366 g/mol. The largest absolute Gasteiger partial charge is 0.478 e. The summed E-state index contributed by atoms with van der Waals surface area (Å²) in [6.45, 7) is 4.08. The Balaban J connectivity index is 2.11. The van der Waals surface area contributed by atoms with E-state index in [0.717, 1.165) is 15.6 Å². The number of carboxylic acid groups (broad SMARTS) is 1. The van der Waals surface area contributed by atoms with Gasteiger partial charge in [-0.1, -0.05) is 28.9 Å². The lowest BCUT2D eigenvalue weighted by Crippen LogP contribution is -2.22. The van der Waals surface area contributed by atoms with E-state index in [4.69, 9.17) is 9.52 Å². The molecule has 0 unspecified atom stereocenters. The molecule has 0 aliphatic carbocycles. The summed E-state index contributed by atoms with van der Waals surface area (Å²) in [5.74, 6) is -1.20. The van der Waals surface area contributed by atoms with Gasteiger partial charge in [-0.05, 0) is 30.2 Å². The second-order valence-corrected chi connectivity index (χ2v) is 5.78. The fourth-order valence-corrected chi connectivity index (χ4v) is 2.58. The average Bonchev–Trinajstić information content (AvgIpc) is 2.90. The highest BCUT2D eigenvalue weighted by Gasteiger charge is 2.19. The van der Waals surface area contributed by atoms with Gasteiger partial charge in [0.05, 0.1) is 0 Å². The maximum absolute atomic E-state index is 12.1. The zero-order valence-corrected chi connectivity index (χ0v) is 13.9. The van der Waals surface area contributed by atoms with Gasteiger partial charge in [0, 0.05) is 23.5 Å². The van der Waals surface area contributed by atoms with Crippen LogP contribution in [0.4, 0.5) is 0 Å². The Kier molecular flexibility index (Phi) is 5.03. The van der Waals surface area contributed by atoms with Crippen molar-refractivity contribution in [3.63, 3.8) is 0 Å². The molecule has 1 amide bonds. The van der Waals surface area contributed by atoms with Gasteiger partial charge in [-0.25, -0.2) is 4.79 Å². The highest BCUT2D eigenvalue weighted by atomic mass is 79.9. The molecule has 0 saturated heterocycles. The van der Waals surface area contributed by atoms with Crippen LogP contribution in [-0.4, -0.2) is 17.0 Å². The van der Waals surface area contributed by atoms with Crippen LogP contribution in [0, 0.1) is 6.92 Å². The first-order valence-corrected chi connectivity index (χ1v) is 7.61. The quantitative estimate of drug-likeness (QED) is 0.848. The van der Waals surface area contributed by atoms with Gasteiger partial charge >= 0.3 is 5.97 Å². The van der Waals surface area contributed by atoms with Gasteiger partial charge in [0.2, 0.25) is 0 Å². The first-order valence-electron chi connectivity index (χ1n) is 6.81. The minimum Gasteiger partial charge on any atom is -0.478 e. The smallest absolute Gasteiger partial charge is 0.339 e. The summed E-state index contributed by atoms with van der Waals surface area (Å²) in [5.41, 5.74) is 2.07. The van der Waals surface area contributed by atoms with Crippen LogP contribution >= 0.6 is 15.9 Å². The summed E-state index contributed by atoms with van der Waals surface area (Å²) in [5, 5.41) is 11.8. The zero-order valence-electron chi connectivity index (χ0n) is 12.3. The van der Waals surface area contributed by atoms with Crippen molar-refractivity contribution in [2.24, 2.45) is 0 Å². The van der Waals surface area contributed by atoms with E-state index in [0.29, 0.717) is 18.7 Å². The molecular weight excluding hydrogens is 350 g/mol. The van der Waals surface area contributed by atoms with Crippen LogP contribution in [0.25, 0.3) is 0 Å². The van der Waals surface area contributed by atoms with Gasteiger partial charge in [0.1, 0.15) is 11.3 Å². The number of carbonyl (C=O) groups is 2. The van der Waals surface area contributed by atoms with Crippen LogP contribution in [0.2, 0.25) is 0 Å². The molecule has 2 aromatic rings. The number of halogens is 1. The van der Waals surface area contributed by atoms with Crippen molar-refractivity contribution in [2.45, 2.75) is 26.8 Å². The number of hydrogen-bond donors (Lipinski definition) is 2. The van der Waals surface area contributed by atoms with E-state index in [1.807, 2.05) is 25.1 Å². The fraction of sp³-hybridized carbons (Fsp3) is 0.250. The summed E-state index contributed by atoms with van der Waals surface area (Å²) in [7, 11) is 0. The van der Waals surface area contributed by atoms with Crippen molar-refractivity contribution < 1.29 is 19.1 Å². The summed E-state index contributed by atoms with van der Waals surface area (Å²) in [6.07, 6.45) is 0.417. The molecule has 116 valence electrons. The minimum absolute atomic E-state index is 0.0176. The Morgan fingerprint density at radius 3 is 2.59 bits per heavy atom. The van der Waals surface area contributed by atoms with Gasteiger partial charge in [-0.15, -0.1) is 0 Å². The number of nitrogens with one attached hydrogen (secondary N) is 1. The van der Waals surface area contributed by atoms with Crippen molar-refractivity contribution in [1.29, 1.82) is 0 Å². The number of carbonyl (C=O) groups excluding carboxylic acids is 1. The van der Waals surface area contributed by atoms with Crippen LogP contribution in [0.1, 0.15) is 44.7 Å². The van der Waals surface area contributed by atoms with Gasteiger partial charge in [0.25, 0.3) is 5.91 Å². The molecule has 0 aliphatic rings. The molecule has 5 nitrogen and oxygen atoms in total. The number of furan rings is 1. The molecular formula is C16H16BrNO4. The van der Waals surface area contributed by atoms with Crippen LogP contribution in [-0.2, 0) is 13.0 Å². The monoisotopic (exact) mass is 365 g/mol. The molecule has 2 N–H and O–H groups in total. The van der Waals surface area contributed by atoms with E-state index in [1.165, 1.54) is 6.07 Å². The molecule has 6 heteroatoms. The Morgan fingerprint density at radius 1 is 1.32 bits per heavy atom. The molecule has 0 fully saturated rings. The highest BCUT2D eigenvalue weighted by molar-refractivity contribution is 9.10. The van der Waals surface area contributed by atoms with Gasteiger partial charge in [-0.3, -0.25) is 4.79 Å². The maximum Gasteiger partial charge on any atom is 0.339 e. The van der Waals surface area contributed by atoms with Gasteiger partial charge in [0.15, 0.2) is 5.76 Å². The molecule has 0 aliphatic heterocycles. The predicted molar refractivity (Wildman–Crippen MR) is 85.1 cm³/mol. The topological polar surface area (TPSA) is 79.5 Å². The lowest BCUT2D eigenvalue weighted by Gasteiger charge is -2.07. The number of hydrogen-bond acceptors (Lipinski definition) is 3. The maximum atomic E-state index is 12.1. The SMILES string of the molecule is CCc1oc(C(=O)NCc2ccc(Br)cc2C)cc1C(=O)O. The van der Waals surface area contributed by atoms with Crippen LogP contribution in [0.3, 0.4) is 0 Å². The summed E-state index contributed by atoms with van der Waals surface area (Å²) >= 11 is 3.39. The van der Waals surface area contributed by atoms with Crippen molar-refractivity contribution in [3.05, 3.63) is 56.9 Å². The fourth-order valence-electron chi connectivity index (χ4n) is 2.10. The van der Waals surface area contributed by atoms with E-state index >= 15 is 0 Å². The molecule has 1 aromatic heterocycles. The van der Waals surface area contributed by atoms with Gasteiger partial charge in [-0.2, -0.15) is 0 Å². The molecule has 0 radical (unpaired) electrons. The number of amides is 1. The number of aryl methyl sites for hydroxylation is 2. The second kappa shape index (κ2) is 6.79. The molecule has 0 saturated carbocycles. The van der Waals surface area contributed by atoms with Crippen molar-refractivity contribution in [1.82, 2.24) is 5.32 Å². The molecule has 0 atom stereocenters. The minimum atomic E-state index is -1.09. The lowest BCUT2D eigenvalue weighted by molar-refractivity contribution is 0.0694. The van der Waals surface area contributed by atoms with Crippen LogP contribution in [0.5, 0.6) is 0 Å². The van der Waals surface area contributed by atoms with Crippen molar-refractivity contribution in [3.8, 4) is 0 Å². The Labute approximate surface area is 136 Å². The summed E-state index contributed by atoms with van der Waals surface area (Å²) in [4.78, 5) is 23.2.